The molecule has 0 saturated carbocycles. The summed E-state index contributed by atoms with van der Waals surface area (Å²) < 4.78 is 10.9. The molecule has 0 aliphatic carbocycles. The van der Waals surface area contributed by atoms with E-state index in [0.717, 1.165) is 5.56 Å². The van der Waals surface area contributed by atoms with Crippen molar-refractivity contribution in [2.24, 2.45) is 5.73 Å². The van der Waals surface area contributed by atoms with E-state index in [1.165, 1.54) is 24.3 Å². The first-order valence-electron chi connectivity index (χ1n) is 11.3. The van der Waals surface area contributed by atoms with Gasteiger partial charge in [0.05, 0.1) is 12.6 Å². The van der Waals surface area contributed by atoms with Crippen LogP contribution in [0.15, 0.2) is 54.6 Å². The Balaban J connectivity index is 1.66. The highest BCUT2D eigenvalue weighted by atomic mass is 32.1. The Labute approximate surface area is 213 Å². The zero-order valence-electron chi connectivity index (χ0n) is 19.3. The molecule has 0 bridgehead atoms. The molecule has 0 radical (unpaired) electrons. The van der Waals surface area contributed by atoms with Crippen LogP contribution in [-0.2, 0) is 20.7 Å². The van der Waals surface area contributed by atoms with Crippen molar-refractivity contribution in [1.82, 2.24) is 5.32 Å². The maximum atomic E-state index is 13.0. The lowest BCUT2D eigenvalue weighted by atomic mass is 9.99. The first-order valence-corrected chi connectivity index (χ1v) is 12.0. The molecule has 2 amide bonds. The van der Waals surface area contributed by atoms with E-state index in [2.05, 4.69) is 23.3 Å². The van der Waals surface area contributed by atoms with Gasteiger partial charge in [0.1, 0.15) is 36.2 Å². The number of nitrogens with two attached hydrogens (primary N) is 1. The van der Waals surface area contributed by atoms with Crippen LogP contribution in [0.4, 0.5) is 5.69 Å². The summed E-state index contributed by atoms with van der Waals surface area (Å²) in [6.07, 6.45) is -6.79. The van der Waals surface area contributed by atoms with E-state index >= 15 is 0 Å². The van der Waals surface area contributed by atoms with Crippen molar-refractivity contribution >= 4 is 30.1 Å². The van der Waals surface area contributed by atoms with Gasteiger partial charge in [0.2, 0.25) is 18.1 Å². The average Bonchev–Trinajstić information content (AvgIpc) is 2.89. The molecule has 2 aromatic rings. The Hall–Kier alpha value is -2.71. The molecular formula is C24H31N3O8S. The highest BCUT2D eigenvalue weighted by Crippen LogP contribution is 2.25. The fraction of sp³-hybridized carbons (Fsp3) is 0.417. The van der Waals surface area contributed by atoms with Gasteiger partial charge >= 0.3 is 0 Å². The number of hydrogen-bond acceptors (Lipinski definition) is 10. The standard InChI is InChI=1S/C24H31N3O8S/c25-16(12-36)22(32)27-17(10-13-4-2-1-3-5-13)23(33)26-14-6-8-15(9-7-14)34-24-21(31)20(30)19(29)18(11-28)35-24/h1-9,16-21,24,28-31,36H,10-12,25H2,(H,26,33)(H,27,32)/t16-,17+,18-,19-,20+,21+,24+/m1/s1. The number of aliphatic hydroxyl groups excluding tert-OH is 4. The topological polar surface area (TPSA) is 184 Å². The summed E-state index contributed by atoms with van der Waals surface area (Å²) in [6, 6.07) is 13.5. The van der Waals surface area contributed by atoms with E-state index in [-0.39, 0.29) is 17.9 Å². The molecule has 1 heterocycles. The van der Waals surface area contributed by atoms with Crippen LogP contribution in [0, 0.1) is 0 Å². The molecule has 0 spiro atoms. The Morgan fingerprint density at radius 2 is 1.67 bits per heavy atom. The van der Waals surface area contributed by atoms with E-state index in [4.69, 9.17) is 15.2 Å². The predicted octanol–water partition coefficient (Wildman–Crippen LogP) is -1.21. The Kier molecular flexibility index (Phi) is 10.1. The second-order valence-electron chi connectivity index (χ2n) is 8.37. The maximum absolute atomic E-state index is 13.0. The Bertz CT molecular complexity index is 995. The number of anilines is 1. The lowest BCUT2D eigenvalue weighted by Crippen LogP contribution is -2.60. The van der Waals surface area contributed by atoms with E-state index < -0.39 is 61.2 Å². The molecule has 7 atom stereocenters. The normalized spacial score (nSPS) is 25.4. The predicted molar refractivity (Wildman–Crippen MR) is 133 cm³/mol. The second kappa shape index (κ2) is 13.0. The number of nitrogens with one attached hydrogen (secondary N) is 2. The fourth-order valence-corrected chi connectivity index (χ4v) is 3.73. The molecule has 0 unspecified atom stereocenters. The molecule has 2 aromatic carbocycles. The van der Waals surface area contributed by atoms with E-state index in [1.54, 1.807) is 0 Å². The molecule has 36 heavy (non-hydrogen) atoms. The Morgan fingerprint density at radius 3 is 2.28 bits per heavy atom. The van der Waals surface area contributed by atoms with Gasteiger partial charge in [-0.15, -0.1) is 0 Å². The third kappa shape index (κ3) is 7.17. The minimum atomic E-state index is -1.56. The highest BCUT2D eigenvalue weighted by molar-refractivity contribution is 7.80. The summed E-state index contributed by atoms with van der Waals surface area (Å²) in [5, 5.41) is 44.6. The first kappa shape index (κ1) is 27.9. The first-order chi connectivity index (χ1) is 17.2. The summed E-state index contributed by atoms with van der Waals surface area (Å²) in [4.78, 5) is 25.3. The SMILES string of the molecule is N[C@H](CS)C(=O)N[C@@H](Cc1ccccc1)C(=O)Nc1ccc(O[C@H]2O[C@H](CO)[C@@H](O)[C@H](O)[C@@H]2O)cc1. The van der Waals surface area contributed by atoms with Gasteiger partial charge in [0.15, 0.2) is 0 Å². The van der Waals surface area contributed by atoms with Gasteiger partial charge in [-0.1, -0.05) is 30.3 Å². The molecular weight excluding hydrogens is 490 g/mol. The number of rotatable bonds is 10. The zero-order valence-corrected chi connectivity index (χ0v) is 20.2. The van der Waals surface area contributed by atoms with Crippen molar-refractivity contribution < 1.29 is 39.5 Å². The van der Waals surface area contributed by atoms with Crippen LogP contribution in [0.3, 0.4) is 0 Å². The van der Waals surface area contributed by atoms with Crippen molar-refractivity contribution in [1.29, 1.82) is 0 Å². The minimum absolute atomic E-state index is 0.126. The van der Waals surface area contributed by atoms with Crippen LogP contribution >= 0.6 is 12.6 Å². The lowest BCUT2D eigenvalue weighted by Gasteiger charge is -2.39. The van der Waals surface area contributed by atoms with Gasteiger partial charge in [0, 0.05) is 17.9 Å². The monoisotopic (exact) mass is 521 g/mol. The summed E-state index contributed by atoms with van der Waals surface area (Å²) >= 11 is 4.03. The number of amides is 2. The summed E-state index contributed by atoms with van der Waals surface area (Å²) in [7, 11) is 0. The molecule has 1 aliphatic heterocycles. The quantitative estimate of drug-likeness (QED) is 0.178. The number of aliphatic hydroxyl groups is 4. The lowest BCUT2D eigenvalue weighted by molar-refractivity contribution is -0.277. The highest BCUT2D eigenvalue weighted by Gasteiger charge is 2.44. The summed E-state index contributed by atoms with van der Waals surface area (Å²) in [5.74, 6) is -0.585. The number of carbonyl (C=O) groups excluding carboxylic acids is 2. The molecule has 12 heteroatoms. The summed E-state index contributed by atoms with van der Waals surface area (Å²) in [5.41, 5.74) is 7.00. The third-order valence-corrected chi connectivity index (χ3v) is 6.07. The van der Waals surface area contributed by atoms with Crippen LogP contribution in [0.2, 0.25) is 0 Å². The fourth-order valence-electron chi connectivity index (χ4n) is 3.57. The van der Waals surface area contributed by atoms with Crippen molar-refractivity contribution in [2.75, 3.05) is 17.7 Å². The molecule has 11 nitrogen and oxygen atoms in total. The molecule has 0 aromatic heterocycles. The van der Waals surface area contributed by atoms with Gasteiger partial charge in [-0.25, -0.2) is 0 Å². The average molecular weight is 522 g/mol. The molecule has 196 valence electrons. The Morgan fingerprint density at radius 1 is 1.00 bits per heavy atom. The van der Waals surface area contributed by atoms with Crippen LogP contribution < -0.4 is 21.1 Å². The number of benzene rings is 2. The maximum Gasteiger partial charge on any atom is 0.247 e. The number of carbonyl (C=O) groups is 2. The molecule has 8 N–H and O–H groups in total. The van der Waals surface area contributed by atoms with Gasteiger partial charge < -0.3 is 46.3 Å². The molecule has 3 rings (SSSR count). The largest absolute Gasteiger partial charge is 0.462 e. The van der Waals surface area contributed by atoms with Crippen LogP contribution in [0.1, 0.15) is 5.56 Å². The summed E-state index contributed by atoms with van der Waals surface area (Å²) in [6.45, 7) is -0.574. The van der Waals surface area contributed by atoms with Crippen LogP contribution in [0.5, 0.6) is 5.75 Å². The van der Waals surface area contributed by atoms with Crippen LogP contribution in [0.25, 0.3) is 0 Å². The number of thiol groups is 1. The van der Waals surface area contributed by atoms with Crippen molar-refractivity contribution in [2.45, 2.75) is 49.2 Å². The number of ether oxygens (including phenoxy) is 2. The zero-order chi connectivity index (χ0) is 26.2. The molecule has 1 fully saturated rings. The van der Waals surface area contributed by atoms with Crippen molar-refractivity contribution in [3.05, 3.63) is 60.2 Å². The van der Waals surface area contributed by atoms with Gasteiger partial charge in [-0.05, 0) is 29.8 Å². The van der Waals surface area contributed by atoms with E-state index in [0.29, 0.717) is 5.69 Å². The third-order valence-electron chi connectivity index (χ3n) is 5.67. The second-order valence-corrected chi connectivity index (χ2v) is 8.73. The van der Waals surface area contributed by atoms with E-state index in [1.807, 2.05) is 30.3 Å². The van der Waals surface area contributed by atoms with Gasteiger partial charge in [0.25, 0.3) is 0 Å². The van der Waals surface area contributed by atoms with Gasteiger partial charge in [-0.3, -0.25) is 9.59 Å². The van der Waals surface area contributed by atoms with Crippen molar-refractivity contribution in [3.8, 4) is 5.75 Å². The minimum Gasteiger partial charge on any atom is -0.462 e. The van der Waals surface area contributed by atoms with Crippen molar-refractivity contribution in [3.63, 3.8) is 0 Å². The molecule has 1 aliphatic rings. The number of hydrogen-bond donors (Lipinski definition) is 8. The van der Waals surface area contributed by atoms with E-state index in [9.17, 15) is 30.0 Å². The van der Waals surface area contributed by atoms with Crippen LogP contribution in [-0.4, -0.2) is 87.4 Å². The van der Waals surface area contributed by atoms with Gasteiger partial charge in [-0.2, -0.15) is 12.6 Å². The molecule has 1 saturated heterocycles. The smallest absolute Gasteiger partial charge is 0.247 e.